The van der Waals surface area contributed by atoms with Gasteiger partial charge in [0.1, 0.15) is 5.82 Å². The zero-order valence-corrected chi connectivity index (χ0v) is 15.0. The summed E-state index contributed by atoms with van der Waals surface area (Å²) in [5.41, 5.74) is -3.24. The molecule has 2 aromatic rings. The van der Waals surface area contributed by atoms with E-state index in [2.05, 4.69) is 22.3 Å². The highest BCUT2D eigenvalue weighted by molar-refractivity contribution is 5.95. The molecule has 2 heterocycles. The lowest BCUT2D eigenvalue weighted by Crippen LogP contribution is -2.59. The van der Waals surface area contributed by atoms with Gasteiger partial charge in [-0.1, -0.05) is 11.8 Å². The molecule has 152 valence electrons. The highest BCUT2D eigenvalue weighted by atomic mass is 19.4. The van der Waals surface area contributed by atoms with Crippen molar-refractivity contribution in [1.82, 2.24) is 15.1 Å². The van der Waals surface area contributed by atoms with Crippen LogP contribution >= 0.6 is 0 Å². The third-order valence-electron chi connectivity index (χ3n) is 4.80. The molecule has 2 aliphatic rings. The first-order valence-corrected chi connectivity index (χ1v) is 8.86. The number of nitrogens with one attached hydrogen (secondary N) is 2. The predicted octanol–water partition coefficient (Wildman–Crippen LogP) is 2.87. The van der Waals surface area contributed by atoms with Crippen molar-refractivity contribution >= 4 is 11.7 Å². The minimum Gasteiger partial charge on any atom is -0.390 e. The lowest BCUT2D eigenvalue weighted by molar-refractivity contribution is -0.178. The maximum absolute atomic E-state index is 14.7. The Kier molecular flexibility index (Phi) is 4.50. The predicted molar refractivity (Wildman–Crippen MR) is 94.0 cm³/mol. The summed E-state index contributed by atoms with van der Waals surface area (Å²) in [6.07, 6.45) is -2.04. The van der Waals surface area contributed by atoms with E-state index in [9.17, 15) is 22.4 Å². The fourth-order valence-corrected chi connectivity index (χ4v) is 3.13. The standard InChI is InChI=1S/C19H16F4N4O2/c20-15-8-14-16(7-12(15)9-27-6-4-13(10-28)26-27)24-17(29)25-18(14,19(21,22)23)5-3-11-1-2-11/h4,6-8,11,28H,1-2,9-10H2,(H2,24,25,29)/t18-/m0/s1. The van der Waals surface area contributed by atoms with Crippen molar-refractivity contribution < 1.29 is 27.5 Å². The number of carbonyl (C=O) groups excluding carboxylic acids is 1. The average Bonchev–Trinajstić information content (AvgIpc) is 3.37. The van der Waals surface area contributed by atoms with Gasteiger partial charge in [0, 0.05) is 28.9 Å². The highest BCUT2D eigenvalue weighted by Gasteiger charge is 2.59. The molecule has 1 saturated carbocycles. The van der Waals surface area contributed by atoms with E-state index in [1.54, 1.807) is 0 Å². The molecule has 0 radical (unpaired) electrons. The van der Waals surface area contributed by atoms with Gasteiger partial charge in [0.05, 0.1) is 18.8 Å². The number of carbonyl (C=O) groups is 1. The van der Waals surface area contributed by atoms with Crippen LogP contribution in [-0.2, 0) is 18.7 Å². The average molecular weight is 408 g/mol. The molecule has 3 N–H and O–H groups in total. The Bertz CT molecular complexity index is 1030. The molecule has 0 unspecified atom stereocenters. The van der Waals surface area contributed by atoms with Crippen molar-refractivity contribution in [2.24, 2.45) is 5.92 Å². The van der Waals surface area contributed by atoms with Gasteiger partial charge < -0.3 is 15.7 Å². The number of hydrogen-bond donors (Lipinski definition) is 3. The van der Waals surface area contributed by atoms with Gasteiger partial charge in [0.15, 0.2) is 0 Å². The van der Waals surface area contributed by atoms with Gasteiger partial charge in [-0.2, -0.15) is 18.3 Å². The molecule has 29 heavy (non-hydrogen) atoms. The summed E-state index contributed by atoms with van der Waals surface area (Å²) in [5.74, 6) is 3.69. The summed E-state index contributed by atoms with van der Waals surface area (Å²) in [6, 6.07) is 2.37. The Balaban J connectivity index is 1.79. The number of amides is 2. The molecule has 2 amide bonds. The quantitative estimate of drug-likeness (QED) is 0.540. The lowest BCUT2D eigenvalue weighted by atomic mass is 9.85. The van der Waals surface area contributed by atoms with Crippen LogP contribution in [0.1, 0.15) is 29.7 Å². The summed E-state index contributed by atoms with van der Waals surface area (Å²) < 4.78 is 58.2. The fraction of sp³-hybridized carbons (Fsp3) is 0.368. The summed E-state index contributed by atoms with van der Waals surface area (Å²) in [4.78, 5) is 12.0. The molecule has 0 bridgehead atoms. The summed E-state index contributed by atoms with van der Waals surface area (Å²) in [7, 11) is 0. The molecule has 1 aromatic heterocycles. The zero-order valence-electron chi connectivity index (χ0n) is 15.0. The van der Waals surface area contributed by atoms with Crippen LogP contribution in [0.25, 0.3) is 0 Å². The summed E-state index contributed by atoms with van der Waals surface area (Å²) in [6.45, 7) is -0.385. The molecular formula is C19H16F4N4O2. The van der Waals surface area contributed by atoms with E-state index in [-0.39, 0.29) is 30.3 Å². The molecule has 1 aromatic carbocycles. The van der Waals surface area contributed by atoms with Gasteiger partial charge in [-0.25, -0.2) is 9.18 Å². The van der Waals surface area contributed by atoms with Crippen LogP contribution in [0.15, 0.2) is 24.4 Å². The molecule has 0 spiro atoms. The molecule has 4 rings (SSSR count). The number of aliphatic hydroxyl groups excluding tert-OH is 1. The maximum Gasteiger partial charge on any atom is 0.427 e. The molecular weight excluding hydrogens is 392 g/mol. The number of fused-ring (bicyclic) bond motifs is 1. The number of nitrogens with zero attached hydrogens (tertiary/aromatic N) is 2. The highest BCUT2D eigenvalue weighted by Crippen LogP contribution is 2.45. The number of halogens is 4. The van der Waals surface area contributed by atoms with Crippen LogP contribution in [-0.4, -0.2) is 27.1 Å². The number of alkyl halides is 3. The topological polar surface area (TPSA) is 79.2 Å². The molecule has 1 aliphatic heterocycles. The van der Waals surface area contributed by atoms with Crippen molar-refractivity contribution in [2.45, 2.75) is 37.7 Å². The Hall–Kier alpha value is -3.06. The molecule has 6 nitrogen and oxygen atoms in total. The first kappa shape index (κ1) is 19.3. The van der Waals surface area contributed by atoms with E-state index in [0.717, 1.165) is 12.1 Å². The molecule has 1 aliphatic carbocycles. The molecule has 0 saturated heterocycles. The fourth-order valence-electron chi connectivity index (χ4n) is 3.13. The van der Waals surface area contributed by atoms with Gasteiger partial charge in [0.25, 0.3) is 0 Å². The van der Waals surface area contributed by atoms with Crippen LogP contribution < -0.4 is 10.6 Å². The number of urea groups is 1. The van der Waals surface area contributed by atoms with Crippen molar-refractivity contribution in [3.8, 4) is 11.8 Å². The van der Waals surface area contributed by atoms with Crippen LogP contribution in [0.4, 0.5) is 28.0 Å². The van der Waals surface area contributed by atoms with Gasteiger partial charge in [-0.15, -0.1) is 0 Å². The number of benzene rings is 1. The van der Waals surface area contributed by atoms with E-state index in [1.165, 1.54) is 16.9 Å². The molecule has 10 heteroatoms. The minimum atomic E-state index is -4.95. The first-order chi connectivity index (χ1) is 13.7. The lowest BCUT2D eigenvalue weighted by Gasteiger charge is -2.37. The number of rotatable bonds is 3. The van der Waals surface area contributed by atoms with Gasteiger partial charge >= 0.3 is 12.2 Å². The Morgan fingerprint density at radius 3 is 2.72 bits per heavy atom. The van der Waals surface area contributed by atoms with E-state index in [0.29, 0.717) is 18.5 Å². The van der Waals surface area contributed by atoms with E-state index >= 15 is 0 Å². The zero-order chi connectivity index (χ0) is 20.8. The van der Waals surface area contributed by atoms with E-state index < -0.39 is 29.1 Å². The summed E-state index contributed by atoms with van der Waals surface area (Å²) >= 11 is 0. The van der Waals surface area contributed by atoms with Gasteiger partial charge in [0.2, 0.25) is 5.54 Å². The number of aromatic nitrogens is 2. The monoisotopic (exact) mass is 408 g/mol. The van der Waals surface area contributed by atoms with E-state index in [4.69, 9.17) is 5.11 Å². The Morgan fingerprint density at radius 1 is 1.34 bits per heavy atom. The van der Waals surface area contributed by atoms with Crippen LogP contribution in [0.3, 0.4) is 0 Å². The van der Waals surface area contributed by atoms with Crippen LogP contribution in [0.2, 0.25) is 0 Å². The molecule has 1 atom stereocenters. The second kappa shape index (κ2) is 6.77. The van der Waals surface area contributed by atoms with Crippen LogP contribution in [0, 0.1) is 23.6 Å². The third-order valence-corrected chi connectivity index (χ3v) is 4.80. The largest absolute Gasteiger partial charge is 0.427 e. The second-order valence-electron chi connectivity index (χ2n) is 7.02. The number of hydrogen-bond acceptors (Lipinski definition) is 3. The van der Waals surface area contributed by atoms with Crippen molar-refractivity contribution in [3.05, 3.63) is 47.0 Å². The minimum absolute atomic E-state index is 0.0322. The Morgan fingerprint density at radius 2 is 2.10 bits per heavy atom. The first-order valence-electron chi connectivity index (χ1n) is 8.86. The van der Waals surface area contributed by atoms with Gasteiger partial charge in [-0.3, -0.25) is 4.68 Å². The normalized spacial score (nSPS) is 20.9. The second-order valence-corrected chi connectivity index (χ2v) is 7.02. The number of aliphatic hydroxyl groups is 1. The SMILES string of the molecule is O=C1Nc2cc(Cn3ccc(CO)n3)c(F)cc2[C@@](C#CC2CC2)(C(F)(F)F)N1. The van der Waals surface area contributed by atoms with Crippen molar-refractivity contribution in [2.75, 3.05) is 5.32 Å². The Labute approximate surface area is 162 Å². The smallest absolute Gasteiger partial charge is 0.390 e. The summed E-state index contributed by atoms with van der Waals surface area (Å²) in [5, 5.41) is 17.2. The number of anilines is 1. The van der Waals surface area contributed by atoms with Crippen molar-refractivity contribution in [1.29, 1.82) is 0 Å². The van der Waals surface area contributed by atoms with Crippen molar-refractivity contribution in [3.63, 3.8) is 0 Å². The maximum atomic E-state index is 14.7. The van der Waals surface area contributed by atoms with Crippen LogP contribution in [0.5, 0.6) is 0 Å². The third kappa shape index (κ3) is 3.53. The van der Waals surface area contributed by atoms with E-state index in [1.807, 2.05) is 5.32 Å². The van der Waals surface area contributed by atoms with Gasteiger partial charge in [-0.05, 0) is 31.0 Å². The molecule has 1 fully saturated rings.